The zero-order valence-electron chi connectivity index (χ0n) is 14.0. The standard InChI is InChI=1S/C19H25FN2O2/c20-18-6-2-1-5-17(18)19(23)22-11-14-7-8-21(10-15(14)12-22)13-16-4-3-9-24-16/h1-2,5-6,14-16H,3-4,7-13H2/t14-,15+,16?/m0/s1. The Morgan fingerprint density at radius 2 is 2.00 bits per heavy atom. The minimum Gasteiger partial charge on any atom is -0.377 e. The zero-order valence-corrected chi connectivity index (χ0v) is 14.0. The first-order valence-corrected chi connectivity index (χ1v) is 9.08. The number of hydrogen-bond donors (Lipinski definition) is 0. The van der Waals surface area contributed by atoms with Gasteiger partial charge in [-0.05, 0) is 49.8 Å². The Kier molecular flexibility index (Phi) is 4.55. The van der Waals surface area contributed by atoms with Crippen LogP contribution in [0.4, 0.5) is 4.39 Å². The fourth-order valence-electron chi connectivity index (χ4n) is 4.46. The van der Waals surface area contributed by atoms with Gasteiger partial charge in [0.1, 0.15) is 5.82 Å². The number of halogens is 1. The number of piperidine rings is 1. The average Bonchev–Trinajstić information content (AvgIpc) is 3.23. The number of carbonyl (C=O) groups excluding carboxylic acids is 1. The van der Waals surface area contributed by atoms with E-state index in [0.29, 0.717) is 17.9 Å². The number of benzene rings is 1. The van der Waals surface area contributed by atoms with E-state index in [1.54, 1.807) is 18.2 Å². The quantitative estimate of drug-likeness (QED) is 0.852. The molecule has 5 heteroatoms. The summed E-state index contributed by atoms with van der Waals surface area (Å²) in [4.78, 5) is 17.0. The fraction of sp³-hybridized carbons (Fsp3) is 0.632. The molecule has 0 aliphatic carbocycles. The predicted molar refractivity (Wildman–Crippen MR) is 89.3 cm³/mol. The monoisotopic (exact) mass is 332 g/mol. The Morgan fingerprint density at radius 1 is 1.17 bits per heavy atom. The predicted octanol–water partition coefficient (Wildman–Crippen LogP) is 2.40. The molecular formula is C19H25FN2O2. The van der Waals surface area contributed by atoms with E-state index in [-0.39, 0.29) is 11.5 Å². The molecule has 24 heavy (non-hydrogen) atoms. The summed E-state index contributed by atoms with van der Waals surface area (Å²) in [5.41, 5.74) is 0.201. The topological polar surface area (TPSA) is 32.8 Å². The highest BCUT2D eigenvalue weighted by atomic mass is 19.1. The van der Waals surface area contributed by atoms with Gasteiger partial charge in [-0.15, -0.1) is 0 Å². The minimum absolute atomic E-state index is 0.159. The highest BCUT2D eigenvalue weighted by molar-refractivity contribution is 5.94. The highest BCUT2D eigenvalue weighted by Gasteiger charge is 2.39. The number of rotatable bonds is 3. The molecule has 0 saturated carbocycles. The van der Waals surface area contributed by atoms with Crippen LogP contribution in [0, 0.1) is 17.7 Å². The summed E-state index contributed by atoms with van der Waals surface area (Å²) in [6, 6.07) is 6.30. The number of carbonyl (C=O) groups is 1. The van der Waals surface area contributed by atoms with Gasteiger partial charge < -0.3 is 14.5 Å². The van der Waals surface area contributed by atoms with Crippen molar-refractivity contribution in [3.8, 4) is 0 Å². The SMILES string of the molecule is O=C(c1ccccc1F)N1C[C@H]2CN(CC3CCCO3)CC[C@H]2C1. The Balaban J connectivity index is 1.37. The van der Waals surface area contributed by atoms with Gasteiger partial charge in [0.05, 0.1) is 11.7 Å². The number of amides is 1. The maximum absolute atomic E-state index is 13.9. The van der Waals surface area contributed by atoms with Crippen molar-refractivity contribution in [3.63, 3.8) is 0 Å². The third kappa shape index (κ3) is 3.20. The molecule has 1 aromatic carbocycles. The van der Waals surface area contributed by atoms with Crippen LogP contribution in [0.15, 0.2) is 24.3 Å². The van der Waals surface area contributed by atoms with Crippen LogP contribution in [0.3, 0.4) is 0 Å². The summed E-state index contributed by atoms with van der Waals surface area (Å²) in [6.45, 7) is 5.56. The van der Waals surface area contributed by atoms with E-state index in [2.05, 4.69) is 4.90 Å². The molecule has 4 rings (SSSR count). The summed E-state index contributed by atoms with van der Waals surface area (Å²) in [5, 5.41) is 0. The molecule has 1 amide bonds. The van der Waals surface area contributed by atoms with Crippen molar-refractivity contribution >= 4 is 5.91 Å². The third-order valence-corrected chi connectivity index (χ3v) is 5.76. The molecule has 0 radical (unpaired) electrons. The van der Waals surface area contributed by atoms with Gasteiger partial charge in [0.25, 0.3) is 5.91 Å². The summed E-state index contributed by atoms with van der Waals surface area (Å²) >= 11 is 0. The van der Waals surface area contributed by atoms with Crippen molar-refractivity contribution < 1.29 is 13.9 Å². The fourth-order valence-corrected chi connectivity index (χ4v) is 4.46. The molecule has 3 heterocycles. The highest BCUT2D eigenvalue weighted by Crippen LogP contribution is 2.32. The molecule has 0 aromatic heterocycles. The van der Waals surface area contributed by atoms with Gasteiger partial charge in [-0.1, -0.05) is 12.1 Å². The normalized spacial score (nSPS) is 30.5. The van der Waals surface area contributed by atoms with Crippen LogP contribution in [0.2, 0.25) is 0 Å². The maximum Gasteiger partial charge on any atom is 0.256 e. The number of ether oxygens (including phenoxy) is 1. The molecule has 3 fully saturated rings. The molecule has 3 atom stereocenters. The van der Waals surface area contributed by atoms with Crippen LogP contribution in [0.5, 0.6) is 0 Å². The average molecular weight is 332 g/mol. The lowest BCUT2D eigenvalue weighted by molar-refractivity contribution is 0.0506. The van der Waals surface area contributed by atoms with E-state index >= 15 is 0 Å². The Hall–Kier alpha value is -1.46. The van der Waals surface area contributed by atoms with Gasteiger partial charge in [0.2, 0.25) is 0 Å². The number of hydrogen-bond acceptors (Lipinski definition) is 3. The summed E-state index contributed by atoms with van der Waals surface area (Å²) in [5.74, 6) is 0.489. The van der Waals surface area contributed by atoms with Crippen molar-refractivity contribution in [3.05, 3.63) is 35.6 Å². The second-order valence-corrected chi connectivity index (χ2v) is 7.39. The molecule has 0 N–H and O–H groups in total. The third-order valence-electron chi connectivity index (χ3n) is 5.76. The largest absolute Gasteiger partial charge is 0.377 e. The van der Waals surface area contributed by atoms with E-state index in [4.69, 9.17) is 4.74 Å². The first kappa shape index (κ1) is 16.0. The molecule has 0 bridgehead atoms. The number of fused-ring (bicyclic) bond motifs is 1. The molecule has 3 aliphatic heterocycles. The molecule has 1 aromatic rings. The van der Waals surface area contributed by atoms with Crippen molar-refractivity contribution in [2.45, 2.75) is 25.4 Å². The van der Waals surface area contributed by atoms with Gasteiger partial charge in [0, 0.05) is 32.8 Å². The van der Waals surface area contributed by atoms with E-state index in [1.165, 1.54) is 18.9 Å². The van der Waals surface area contributed by atoms with Crippen molar-refractivity contribution in [1.82, 2.24) is 9.80 Å². The first-order chi connectivity index (χ1) is 11.7. The first-order valence-electron chi connectivity index (χ1n) is 9.08. The Morgan fingerprint density at radius 3 is 2.79 bits per heavy atom. The zero-order chi connectivity index (χ0) is 16.5. The molecule has 3 aliphatic rings. The smallest absolute Gasteiger partial charge is 0.256 e. The summed E-state index contributed by atoms with van der Waals surface area (Å²) in [7, 11) is 0. The molecule has 0 spiro atoms. The Labute approximate surface area is 142 Å². The van der Waals surface area contributed by atoms with E-state index in [0.717, 1.165) is 45.8 Å². The van der Waals surface area contributed by atoms with Gasteiger partial charge in [-0.2, -0.15) is 0 Å². The van der Waals surface area contributed by atoms with Crippen LogP contribution in [0.1, 0.15) is 29.6 Å². The van der Waals surface area contributed by atoms with Gasteiger partial charge in [-0.25, -0.2) is 4.39 Å². The van der Waals surface area contributed by atoms with Crippen LogP contribution < -0.4 is 0 Å². The number of nitrogens with zero attached hydrogens (tertiary/aromatic N) is 2. The number of likely N-dealkylation sites (tertiary alicyclic amines) is 2. The lowest BCUT2D eigenvalue weighted by Crippen LogP contribution is -2.43. The lowest BCUT2D eigenvalue weighted by Gasteiger charge is -2.35. The van der Waals surface area contributed by atoms with Gasteiger partial charge in [-0.3, -0.25) is 4.79 Å². The molecular weight excluding hydrogens is 307 g/mol. The van der Waals surface area contributed by atoms with Crippen LogP contribution in [-0.4, -0.2) is 61.1 Å². The summed E-state index contributed by atoms with van der Waals surface area (Å²) in [6.07, 6.45) is 3.86. The van der Waals surface area contributed by atoms with Crippen LogP contribution >= 0.6 is 0 Å². The molecule has 1 unspecified atom stereocenters. The van der Waals surface area contributed by atoms with Crippen molar-refractivity contribution in [2.24, 2.45) is 11.8 Å². The summed E-state index contributed by atoms with van der Waals surface area (Å²) < 4.78 is 19.6. The van der Waals surface area contributed by atoms with Crippen LogP contribution in [0.25, 0.3) is 0 Å². The molecule has 130 valence electrons. The Bertz CT molecular complexity index is 603. The van der Waals surface area contributed by atoms with E-state index in [1.807, 2.05) is 4.90 Å². The van der Waals surface area contributed by atoms with Gasteiger partial charge in [0.15, 0.2) is 0 Å². The second-order valence-electron chi connectivity index (χ2n) is 7.39. The second kappa shape index (κ2) is 6.81. The lowest BCUT2D eigenvalue weighted by atomic mass is 9.88. The molecule has 4 nitrogen and oxygen atoms in total. The van der Waals surface area contributed by atoms with Crippen molar-refractivity contribution in [2.75, 3.05) is 39.3 Å². The maximum atomic E-state index is 13.9. The van der Waals surface area contributed by atoms with Crippen molar-refractivity contribution in [1.29, 1.82) is 0 Å². The van der Waals surface area contributed by atoms with Crippen LogP contribution in [-0.2, 0) is 4.74 Å². The van der Waals surface area contributed by atoms with Gasteiger partial charge >= 0.3 is 0 Å². The minimum atomic E-state index is -0.419. The van der Waals surface area contributed by atoms with E-state index in [9.17, 15) is 9.18 Å². The van der Waals surface area contributed by atoms with E-state index < -0.39 is 5.82 Å². The molecule has 3 saturated heterocycles.